The molecule has 0 saturated heterocycles. The second kappa shape index (κ2) is 4.09. The molecule has 3 rings (SSSR count). The molecule has 2 aromatic carbocycles. The number of hydrogen-bond donors (Lipinski definition) is 1. The first-order chi connectivity index (χ1) is 9.04. The summed E-state index contributed by atoms with van der Waals surface area (Å²) in [4.78, 5) is 0. The monoisotopic (exact) mass is 259 g/mol. The molecular weight excluding hydrogens is 248 g/mol. The van der Waals surface area contributed by atoms with Gasteiger partial charge in [0, 0.05) is 11.5 Å². The predicted octanol–water partition coefficient (Wildman–Crippen LogP) is 4.27. The third kappa shape index (κ3) is 1.95. The average molecular weight is 259 g/mol. The third-order valence-corrected chi connectivity index (χ3v) is 3.02. The van der Waals surface area contributed by atoms with Gasteiger partial charge in [-0.3, -0.25) is 0 Å². The van der Waals surface area contributed by atoms with Gasteiger partial charge in [-0.15, -0.1) is 0 Å². The lowest BCUT2D eigenvalue weighted by molar-refractivity contribution is 0.588. The van der Waals surface area contributed by atoms with Crippen LogP contribution >= 0.6 is 0 Å². The highest BCUT2D eigenvalue weighted by atomic mass is 19.1. The van der Waals surface area contributed by atoms with Crippen molar-refractivity contribution in [1.82, 2.24) is 0 Å². The Bertz CT molecular complexity index is 777. The number of hydrogen-bond acceptors (Lipinski definition) is 2. The quantitative estimate of drug-likeness (QED) is 0.663. The summed E-state index contributed by atoms with van der Waals surface area (Å²) < 4.78 is 32.8. The SMILES string of the molecule is Cc1ccc2oc(-c3cc(F)c(N)cc3F)cc2c1. The van der Waals surface area contributed by atoms with Crippen LogP contribution < -0.4 is 5.73 Å². The Morgan fingerprint density at radius 1 is 1.00 bits per heavy atom. The maximum atomic E-state index is 13.8. The smallest absolute Gasteiger partial charge is 0.147 e. The van der Waals surface area contributed by atoms with E-state index in [1.54, 1.807) is 12.1 Å². The highest BCUT2D eigenvalue weighted by molar-refractivity contribution is 5.83. The second-order valence-corrected chi connectivity index (χ2v) is 4.51. The minimum atomic E-state index is -0.659. The fourth-order valence-corrected chi connectivity index (χ4v) is 2.05. The molecule has 0 saturated carbocycles. The van der Waals surface area contributed by atoms with Crippen molar-refractivity contribution in [1.29, 1.82) is 0 Å². The van der Waals surface area contributed by atoms with Crippen molar-refractivity contribution in [3.63, 3.8) is 0 Å². The van der Waals surface area contributed by atoms with E-state index in [0.717, 1.165) is 23.1 Å². The zero-order valence-corrected chi connectivity index (χ0v) is 10.2. The number of fused-ring (bicyclic) bond motifs is 1. The van der Waals surface area contributed by atoms with E-state index in [9.17, 15) is 8.78 Å². The van der Waals surface area contributed by atoms with Crippen molar-refractivity contribution >= 4 is 16.7 Å². The number of benzene rings is 2. The summed E-state index contributed by atoms with van der Waals surface area (Å²) >= 11 is 0. The third-order valence-electron chi connectivity index (χ3n) is 3.02. The summed E-state index contributed by atoms with van der Waals surface area (Å²) in [6.07, 6.45) is 0. The van der Waals surface area contributed by atoms with Gasteiger partial charge in [-0.25, -0.2) is 8.78 Å². The van der Waals surface area contributed by atoms with Crippen LogP contribution in [0.5, 0.6) is 0 Å². The van der Waals surface area contributed by atoms with Crippen LogP contribution in [0.25, 0.3) is 22.3 Å². The molecule has 0 unspecified atom stereocenters. The van der Waals surface area contributed by atoms with Crippen molar-refractivity contribution in [2.45, 2.75) is 6.92 Å². The first-order valence-electron chi connectivity index (χ1n) is 5.79. The molecule has 19 heavy (non-hydrogen) atoms. The Morgan fingerprint density at radius 2 is 1.79 bits per heavy atom. The molecule has 2 nitrogen and oxygen atoms in total. The Hall–Kier alpha value is -2.36. The van der Waals surface area contributed by atoms with E-state index in [1.807, 2.05) is 19.1 Å². The fraction of sp³-hybridized carbons (Fsp3) is 0.0667. The summed E-state index contributed by atoms with van der Waals surface area (Å²) in [6.45, 7) is 1.95. The van der Waals surface area contributed by atoms with Gasteiger partial charge in [0.25, 0.3) is 0 Å². The molecule has 0 fully saturated rings. The Balaban J connectivity index is 2.21. The molecule has 4 heteroatoms. The van der Waals surface area contributed by atoms with Gasteiger partial charge in [0.15, 0.2) is 0 Å². The fourth-order valence-electron chi connectivity index (χ4n) is 2.05. The maximum absolute atomic E-state index is 13.8. The van der Waals surface area contributed by atoms with E-state index in [4.69, 9.17) is 10.2 Å². The van der Waals surface area contributed by atoms with E-state index in [2.05, 4.69) is 0 Å². The van der Waals surface area contributed by atoms with Crippen LogP contribution in [0.3, 0.4) is 0 Å². The topological polar surface area (TPSA) is 39.2 Å². The molecule has 1 heterocycles. The van der Waals surface area contributed by atoms with Crippen LogP contribution in [0.4, 0.5) is 14.5 Å². The average Bonchev–Trinajstić information content (AvgIpc) is 2.76. The van der Waals surface area contributed by atoms with Crippen LogP contribution in [-0.4, -0.2) is 0 Å². The largest absolute Gasteiger partial charge is 0.456 e. The van der Waals surface area contributed by atoms with Crippen LogP contribution in [0.1, 0.15) is 5.56 Å². The standard InChI is InChI=1S/C15H11F2NO/c1-8-2-3-14-9(4-8)5-15(19-14)10-6-12(17)13(18)7-11(10)16/h2-7H,18H2,1H3. The van der Waals surface area contributed by atoms with E-state index in [1.165, 1.54) is 0 Å². The Labute approximate surface area is 108 Å². The maximum Gasteiger partial charge on any atom is 0.147 e. The van der Waals surface area contributed by atoms with Crippen molar-refractivity contribution in [3.8, 4) is 11.3 Å². The van der Waals surface area contributed by atoms with Crippen molar-refractivity contribution < 1.29 is 13.2 Å². The molecule has 0 aliphatic rings. The molecule has 1 aromatic heterocycles. The van der Waals surface area contributed by atoms with E-state index in [0.29, 0.717) is 5.58 Å². The van der Waals surface area contributed by atoms with E-state index in [-0.39, 0.29) is 17.0 Å². The number of furan rings is 1. The van der Waals surface area contributed by atoms with Crippen molar-refractivity contribution in [3.05, 3.63) is 53.6 Å². The predicted molar refractivity (Wildman–Crippen MR) is 70.7 cm³/mol. The first kappa shape index (κ1) is 11.7. The summed E-state index contributed by atoms with van der Waals surface area (Å²) in [6, 6.07) is 9.33. The molecule has 0 bridgehead atoms. The van der Waals surface area contributed by atoms with Gasteiger partial charge in [0.05, 0.1) is 11.3 Å². The molecule has 0 aliphatic heterocycles. The number of halogens is 2. The van der Waals surface area contributed by atoms with Gasteiger partial charge in [0.1, 0.15) is 23.0 Å². The van der Waals surface area contributed by atoms with Gasteiger partial charge in [-0.05, 0) is 31.2 Å². The highest BCUT2D eigenvalue weighted by Gasteiger charge is 2.14. The summed E-state index contributed by atoms with van der Waals surface area (Å²) in [5, 5.41) is 0.853. The molecular formula is C15H11F2NO. The number of anilines is 1. The van der Waals surface area contributed by atoms with Crippen molar-refractivity contribution in [2.24, 2.45) is 0 Å². The zero-order chi connectivity index (χ0) is 13.6. The molecule has 0 spiro atoms. The van der Waals surface area contributed by atoms with E-state index < -0.39 is 11.6 Å². The lowest BCUT2D eigenvalue weighted by Gasteiger charge is -2.02. The number of aryl methyl sites for hydroxylation is 1. The lowest BCUT2D eigenvalue weighted by Crippen LogP contribution is -1.93. The number of nitrogens with two attached hydrogens (primary N) is 1. The Morgan fingerprint density at radius 3 is 2.58 bits per heavy atom. The number of nitrogen functional groups attached to an aromatic ring is 1. The van der Waals surface area contributed by atoms with Gasteiger partial charge >= 0.3 is 0 Å². The first-order valence-corrected chi connectivity index (χ1v) is 5.79. The zero-order valence-electron chi connectivity index (χ0n) is 10.2. The second-order valence-electron chi connectivity index (χ2n) is 4.51. The molecule has 96 valence electrons. The van der Waals surface area contributed by atoms with Crippen molar-refractivity contribution in [2.75, 3.05) is 5.73 Å². The van der Waals surface area contributed by atoms with Gasteiger partial charge < -0.3 is 10.2 Å². The molecule has 0 radical (unpaired) electrons. The van der Waals surface area contributed by atoms with Gasteiger partial charge in [-0.2, -0.15) is 0 Å². The normalized spacial score (nSPS) is 11.1. The molecule has 0 amide bonds. The molecule has 2 N–H and O–H groups in total. The van der Waals surface area contributed by atoms with Gasteiger partial charge in [-0.1, -0.05) is 11.6 Å². The summed E-state index contributed by atoms with van der Waals surface area (Å²) in [7, 11) is 0. The number of rotatable bonds is 1. The van der Waals surface area contributed by atoms with Crippen LogP contribution in [-0.2, 0) is 0 Å². The van der Waals surface area contributed by atoms with Crippen LogP contribution in [0.15, 0.2) is 40.8 Å². The van der Waals surface area contributed by atoms with Crippen LogP contribution in [0, 0.1) is 18.6 Å². The van der Waals surface area contributed by atoms with Gasteiger partial charge in [0.2, 0.25) is 0 Å². The minimum Gasteiger partial charge on any atom is -0.456 e. The van der Waals surface area contributed by atoms with Crippen LogP contribution in [0.2, 0.25) is 0 Å². The molecule has 3 aromatic rings. The molecule has 0 atom stereocenters. The minimum absolute atomic E-state index is 0.0700. The highest BCUT2D eigenvalue weighted by Crippen LogP contribution is 2.31. The Kier molecular flexibility index (Phi) is 2.52. The lowest BCUT2D eigenvalue weighted by atomic mass is 10.1. The molecule has 0 aliphatic carbocycles. The van der Waals surface area contributed by atoms with E-state index >= 15 is 0 Å². The summed E-state index contributed by atoms with van der Waals surface area (Å²) in [5.41, 5.74) is 6.88. The summed E-state index contributed by atoms with van der Waals surface area (Å²) in [5.74, 6) is -0.972.